The van der Waals surface area contributed by atoms with Crippen molar-refractivity contribution in [1.29, 1.82) is 0 Å². The van der Waals surface area contributed by atoms with Crippen LogP contribution in [0.3, 0.4) is 0 Å². The summed E-state index contributed by atoms with van der Waals surface area (Å²) >= 11 is 0. The number of halogens is 1. The van der Waals surface area contributed by atoms with Crippen LogP contribution in [0.2, 0.25) is 0 Å². The number of nitrogens with zero attached hydrogens (tertiary/aromatic N) is 2. The van der Waals surface area contributed by atoms with Gasteiger partial charge in [-0.3, -0.25) is 4.90 Å². The van der Waals surface area contributed by atoms with Crippen LogP contribution in [0.4, 0.5) is 4.39 Å². The van der Waals surface area contributed by atoms with Crippen molar-refractivity contribution in [3.8, 4) is 5.75 Å². The predicted molar refractivity (Wildman–Crippen MR) is 92.1 cm³/mol. The molecule has 1 fully saturated rings. The average molecular weight is 359 g/mol. The number of sulfonamides is 1. The fourth-order valence-electron chi connectivity index (χ4n) is 2.80. The number of piperazine rings is 1. The van der Waals surface area contributed by atoms with E-state index in [-0.39, 0.29) is 11.6 Å². The van der Waals surface area contributed by atoms with Gasteiger partial charge in [0.2, 0.25) is 10.0 Å². The molecule has 1 aromatic carbocycles. The van der Waals surface area contributed by atoms with Gasteiger partial charge in [0.25, 0.3) is 0 Å². The number of methoxy groups -OCH3 is 1. The molecule has 0 saturated carbocycles. The number of hydrogen-bond acceptors (Lipinski definition) is 5. The number of nitrogens with one attached hydrogen (secondary N) is 1. The third-order valence-electron chi connectivity index (χ3n) is 4.10. The van der Waals surface area contributed by atoms with Crippen LogP contribution in [0.1, 0.15) is 12.0 Å². The molecule has 0 bridgehead atoms. The van der Waals surface area contributed by atoms with Gasteiger partial charge in [0.15, 0.2) is 11.6 Å². The Labute approximate surface area is 143 Å². The van der Waals surface area contributed by atoms with Gasteiger partial charge in [-0.05, 0) is 30.7 Å². The first-order chi connectivity index (χ1) is 11.4. The first-order valence-electron chi connectivity index (χ1n) is 8.09. The van der Waals surface area contributed by atoms with Crippen LogP contribution < -0.4 is 9.46 Å². The van der Waals surface area contributed by atoms with Gasteiger partial charge in [0.05, 0.1) is 13.4 Å². The molecule has 0 aromatic heterocycles. The number of benzene rings is 1. The molecule has 24 heavy (non-hydrogen) atoms. The Morgan fingerprint density at radius 1 is 1.21 bits per heavy atom. The molecule has 1 aliphatic rings. The first-order valence-corrected chi connectivity index (χ1v) is 9.98. The lowest BCUT2D eigenvalue weighted by Crippen LogP contribution is -2.46. The van der Waals surface area contributed by atoms with Gasteiger partial charge in [0, 0.05) is 39.3 Å². The fourth-order valence-corrected chi connectivity index (χ4v) is 3.31. The summed E-state index contributed by atoms with van der Waals surface area (Å²) in [6.07, 6.45) is 1.98. The maximum atomic E-state index is 13.7. The summed E-state index contributed by atoms with van der Waals surface area (Å²) in [5.41, 5.74) is 0.944. The molecule has 1 saturated heterocycles. The smallest absolute Gasteiger partial charge is 0.208 e. The van der Waals surface area contributed by atoms with Crippen molar-refractivity contribution in [3.05, 3.63) is 29.6 Å². The summed E-state index contributed by atoms with van der Waals surface area (Å²) in [4.78, 5) is 4.63. The second-order valence-corrected chi connectivity index (χ2v) is 7.94. The highest BCUT2D eigenvalue weighted by atomic mass is 32.2. The van der Waals surface area contributed by atoms with E-state index in [9.17, 15) is 12.8 Å². The van der Waals surface area contributed by atoms with Crippen molar-refractivity contribution in [1.82, 2.24) is 14.5 Å². The molecule has 1 heterocycles. The molecular formula is C16H26FN3O3S. The van der Waals surface area contributed by atoms with Crippen molar-refractivity contribution in [2.45, 2.75) is 13.0 Å². The lowest BCUT2D eigenvalue weighted by Gasteiger charge is -2.34. The maximum absolute atomic E-state index is 13.7. The highest BCUT2D eigenvalue weighted by molar-refractivity contribution is 7.88. The van der Waals surface area contributed by atoms with E-state index < -0.39 is 10.0 Å². The zero-order valence-corrected chi connectivity index (χ0v) is 15.1. The van der Waals surface area contributed by atoms with Crippen molar-refractivity contribution >= 4 is 10.0 Å². The van der Waals surface area contributed by atoms with Gasteiger partial charge in [-0.25, -0.2) is 17.5 Å². The molecule has 0 radical (unpaired) electrons. The van der Waals surface area contributed by atoms with Gasteiger partial charge in [-0.15, -0.1) is 0 Å². The van der Waals surface area contributed by atoms with E-state index in [1.54, 1.807) is 6.07 Å². The number of ether oxygens (including phenoxy) is 1. The van der Waals surface area contributed by atoms with Crippen molar-refractivity contribution in [2.24, 2.45) is 0 Å². The minimum Gasteiger partial charge on any atom is -0.494 e. The lowest BCUT2D eigenvalue weighted by atomic mass is 10.1. The summed E-state index contributed by atoms with van der Waals surface area (Å²) < 4.78 is 43.2. The van der Waals surface area contributed by atoms with Gasteiger partial charge in [-0.2, -0.15) is 0 Å². The standard InChI is InChI=1S/C16H26FN3O3S/c1-23-16-5-4-14(12-15(16)17)13-20-10-8-19(9-11-20)7-3-6-18-24(2,21)22/h4-5,12,18H,3,6-11,13H2,1-2H3. The monoisotopic (exact) mass is 359 g/mol. The molecule has 8 heteroatoms. The van der Waals surface area contributed by atoms with Crippen LogP contribution in [-0.2, 0) is 16.6 Å². The largest absolute Gasteiger partial charge is 0.494 e. The lowest BCUT2D eigenvalue weighted by molar-refractivity contribution is 0.126. The van der Waals surface area contributed by atoms with Gasteiger partial charge < -0.3 is 9.64 Å². The van der Waals surface area contributed by atoms with Crippen molar-refractivity contribution in [3.63, 3.8) is 0 Å². The first kappa shape index (κ1) is 19.1. The van der Waals surface area contributed by atoms with E-state index >= 15 is 0 Å². The molecule has 2 rings (SSSR count). The molecule has 0 aliphatic carbocycles. The Morgan fingerprint density at radius 3 is 2.46 bits per heavy atom. The Balaban J connectivity index is 1.70. The molecule has 0 amide bonds. The minimum absolute atomic E-state index is 0.270. The fraction of sp³-hybridized carbons (Fsp3) is 0.625. The van der Waals surface area contributed by atoms with E-state index in [0.29, 0.717) is 6.54 Å². The summed E-state index contributed by atoms with van der Waals surface area (Å²) in [5, 5.41) is 0. The highest BCUT2D eigenvalue weighted by Crippen LogP contribution is 2.19. The number of hydrogen-bond donors (Lipinski definition) is 1. The van der Waals surface area contributed by atoms with Crippen LogP contribution in [-0.4, -0.2) is 70.9 Å². The summed E-state index contributed by atoms with van der Waals surface area (Å²) in [6, 6.07) is 5.09. The SMILES string of the molecule is COc1ccc(CN2CCN(CCCNS(C)(=O)=O)CC2)cc1F. The molecular weight excluding hydrogens is 333 g/mol. The van der Waals surface area contributed by atoms with Gasteiger partial charge in [-0.1, -0.05) is 6.07 Å². The normalized spacial score (nSPS) is 17.1. The molecule has 6 nitrogen and oxygen atoms in total. The van der Waals surface area contributed by atoms with E-state index in [1.807, 2.05) is 6.07 Å². The van der Waals surface area contributed by atoms with Crippen LogP contribution >= 0.6 is 0 Å². The Bertz CT molecular complexity index is 631. The molecule has 1 aromatic rings. The Hall–Kier alpha value is -1.22. The van der Waals surface area contributed by atoms with Crippen molar-refractivity contribution < 1.29 is 17.5 Å². The zero-order valence-electron chi connectivity index (χ0n) is 14.3. The van der Waals surface area contributed by atoms with E-state index in [4.69, 9.17) is 4.74 Å². The molecule has 1 aliphatic heterocycles. The third-order valence-corrected chi connectivity index (χ3v) is 4.83. The van der Waals surface area contributed by atoms with Crippen LogP contribution in [0, 0.1) is 5.82 Å². The minimum atomic E-state index is -3.10. The zero-order chi connectivity index (χ0) is 17.6. The van der Waals surface area contributed by atoms with Crippen molar-refractivity contribution in [2.75, 3.05) is 52.6 Å². The molecule has 0 atom stereocenters. The predicted octanol–water partition coefficient (Wildman–Crippen LogP) is 0.891. The average Bonchev–Trinajstić information content (AvgIpc) is 2.52. The third kappa shape index (κ3) is 6.35. The summed E-state index contributed by atoms with van der Waals surface area (Å²) in [7, 11) is -1.63. The molecule has 136 valence electrons. The molecule has 1 N–H and O–H groups in total. The Kier molecular flexibility index (Phi) is 6.97. The van der Waals surface area contributed by atoms with E-state index in [2.05, 4.69) is 14.5 Å². The van der Waals surface area contributed by atoms with E-state index in [1.165, 1.54) is 19.4 Å². The maximum Gasteiger partial charge on any atom is 0.208 e. The Morgan fingerprint density at radius 2 is 1.88 bits per heavy atom. The van der Waals surface area contributed by atoms with Gasteiger partial charge in [0.1, 0.15) is 0 Å². The number of rotatable bonds is 8. The second-order valence-electron chi connectivity index (χ2n) is 6.11. The topological polar surface area (TPSA) is 61.9 Å². The summed E-state index contributed by atoms with van der Waals surface area (Å²) in [6.45, 7) is 5.82. The van der Waals surface area contributed by atoms with Crippen LogP contribution in [0.15, 0.2) is 18.2 Å². The second kappa shape index (κ2) is 8.75. The van der Waals surface area contributed by atoms with Gasteiger partial charge >= 0.3 is 0 Å². The quantitative estimate of drug-likeness (QED) is 0.699. The van der Waals surface area contributed by atoms with E-state index in [0.717, 1.165) is 51.3 Å². The summed E-state index contributed by atoms with van der Waals surface area (Å²) in [5.74, 6) is -0.0571. The molecule has 0 spiro atoms. The highest BCUT2D eigenvalue weighted by Gasteiger charge is 2.17. The van der Waals surface area contributed by atoms with Crippen LogP contribution in [0.25, 0.3) is 0 Å². The van der Waals surface area contributed by atoms with Crippen LogP contribution in [0.5, 0.6) is 5.75 Å². The molecule has 0 unspecified atom stereocenters.